The fourth-order valence-electron chi connectivity index (χ4n) is 8.59. The molecule has 3 N–H and O–H groups in total. The molecule has 15 heteroatoms. The van der Waals surface area contributed by atoms with Gasteiger partial charge in [0.2, 0.25) is 23.5 Å². The van der Waals surface area contributed by atoms with E-state index in [1.807, 2.05) is 53.4 Å². The Bertz CT molecular complexity index is 2200. The summed E-state index contributed by atoms with van der Waals surface area (Å²) in [6.07, 6.45) is -2.61. The van der Waals surface area contributed by atoms with Crippen molar-refractivity contribution in [1.82, 2.24) is 25.5 Å². The number of piperidine rings is 1. The number of ether oxygens (including phenoxy) is 3. The smallest absolute Gasteiger partial charge is 0.421 e. The summed E-state index contributed by atoms with van der Waals surface area (Å²) in [7, 11) is 2.90. The highest BCUT2D eigenvalue weighted by atomic mass is 35.5. The molecule has 2 aromatic heterocycles. The van der Waals surface area contributed by atoms with Crippen molar-refractivity contribution in [2.75, 3.05) is 33.9 Å². The van der Waals surface area contributed by atoms with E-state index in [4.69, 9.17) is 30.8 Å². The quantitative estimate of drug-likeness (QED) is 0.132. The van der Waals surface area contributed by atoms with Crippen molar-refractivity contribution in [3.63, 3.8) is 0 Å². The van der Waals surface area contributed by atoms with Gasteiger partial charge in [0, 0.05) is 67.4 Å². The van der Waals surface area contributed by atoms with Crippen LogP contribution in [0.3, 0.4) is 0 Å². The van der Waals surface area contributed by atoms with E-state index in [9.17, 15) is 27.9 Å². The van der Waals surface area contributed by atoms with Crippen LogP contribution in [0.4, 0.5) is 13.2 Å². The fraction of sp³-hybridized carbons (Fsp3) is 0.415. The molecule has 4 aromatic rings. The monoisotopic (exact) mass is 791 g/mol. The number of carboxylic acid groups (broad SMARTS) is 1. The minimum atomic E-state index is -4.77. The van der Waals surface area contributed by atoms with Gasteiger partial charge in [0.25, 0.3) is 0 Å². The average molecular weight is 792 g/mol. The summed E-state index contributed by atoms with van der Waals surface area (Å²) in [5, 5.41) is 16.5. The number of rotatable bonds is 13. The Balaban J connectivity index is 1.03. The van der Waals surface area contributed by atoms with E-state index >= 15 is 0 Å². The predicted molar refractivity (Wildman–Crippen MR) is 200 cm³/mol. The zero-order valence-electron chi connectivity index (χ0n) is 30.8. The molecule has 8 rings (SSSR count). The molecule has 0 radical (unpaired) electrons. The van der Waals surface area contributed by atoms with E-state index in [0.29, 0.717) is 67.5 Å². The maximum atomic E-state index is 14.6. The highest BCUT2D eigenvalue weighted by Crippen LogP contribution is 2.58. The number of nitrogens with one attached hydrogen (secondary N) is 2. The third-order valence-corrected chi connectivity index (χ3v) is 11.9. The van der Waals surface area contributed by atoms with Gasteiger partial charge in [0.1, 0.15) is 11.7 Å². The zero-order chi connectivity index (χ0) is 39.4. The molecule has 4 aliphatic rings. The van der Waals surface area contributed by atoms with E-state index in [0.717, 1.165) is 40.3 Å². The second-order valence-electron chi connectivity index (χ2n) is 15.0. The van der Waals surface area contributed by atoms with Gasteiger partial charge in [0.15, 0.2) is 0 Å². The van der Waals surface area contributed by atoms with Crippen LogP contribution in [0.2, 0.25) is 5.02 Å². The number of methoxy groups -OCH3 is 2. The molecule has 56 heavy (non-hydrogen) atoms. The molecule has 4 heterocycles. The third kappa shape index (κ3) is 7.14. The Morgan fingerprint density at radius 1 is 1.00 bits per heavy atom. The molecule has 2 saturated heterocycles. The number of carbonyl (C=O) groups is 2. The molecule has 294 valence electrons. The van der Waals surface area contributed by atoms with E-state index in [1.54, 1.807) is 7.11 Å². The van der Waals surface area contributed by atoms with Crippen molar-refractivity contribution in [2.45, 2.75) is 63.5 Å². The number of halogens is 4. The molecular formula is C41H41ClF3N5O6. The highest BCUT2D eigenvalue weighted by Gasteiger charge is 2.65. The van der Waals surface area contributed by atoms with Crippen molar-refractivity contribution in [3.05, 3.63) is 87.4 Å². The van der Waals surface area contributed by atoms with Crippen molar-refractivity contribution in [2.24, 2.45) is 11.3 Å². The number of pyridine rings is 2. The molecule has 0 unspecified atom stereocenters. The van der Waals surface area contributed by atoms with Crippen LogP contribution in [0.15, 0.2) is 54.6 Å². The first-order valence-electron chi connectivity index (χ1n) is 18.6. The number of carboxylic acids is 1. The number of benzene rings is 2. The Hall–Kier alpha value is -4.92. The fourth-order valence-corrected chi connectivity index (χ4v) is 8.92. The molecule has 2 aromatic carbocycles. The van der Waals surface area contributed by atoms with Crippen molar-refractivity contribution in [1.29, 1.82) is 0 Å². The number of aromatic nitrogens is 2. The highest BCUT2D eigenvalue weighted by molar-refractivity contribution is 6.36. The molecule has 2 aliphatic heterocycles. The maximum Gasteiger partial charge on any atom is 0.421 e. The van der Waals surface area contributed by atoms with Gasteiger partial charge in [0.05, 0.1) is 30.4 Å². The number of alkyl halides is 3. The SMILES string of the molecule is COc1nc(-c2cccc(-c3cccc4c3CC[C@@H]4Oc3nc(OC)c(CN4C[C@@H]5C[C@]5(C(=O)O)C4)cc3C(F)(F)F)c2Cl)ccc1CNC[C@@H]1CCC(=O)N1. The van der Waals surface area contributed by atoms with Crippen LogP contribution in [0, 0.1) is 11.3 Å². The number of hydrogen-bond donors (Lipinski definition) is 3. The Kier molecular flexibility index (Phi) is 10.1. The summed E-state index contributed by atoms with van der Waals surface area (Å²) in [5.74, 6) is -0.932. The number of aliphatic carboxylic acids is 1. The summed E-state index contributed by atoms with van der Waals surface area (Å²) in [6.45, 7) is 1.97. The molecular weight excluding hydrogens is 751 g/mol. The minimum Gasteiger partial charge on any atom is -0.481 e. The average Bonchev–Trinajstić information content (AvgIpc) is 3.44. The van der Waals surface area contributed by atoms with Crippen LogP contribution in [-0.4, -0.2) is 71.7 Å². The van der Waals surface area contributed by atoms with Crippen LogP contribution >= 0.6 is 11.6 Å². The third-order valence-electron chi connectivity index (χ3n) is 11.5. The zero-order valence-corrected chi connectivity index (χ0v) is 31.6. The molecule has 1 saturated carbocycles. The van der Waals surface area contributed by atoms with E-state index < -0.39 is 35.1 Å². The minimum absolute atomic E-state index is 0.00196. The summed E-state index contributed by atoms with van der Waals surface area (Å²) in [4.78, 5) is 34.2. The maximum absolute atomic E-state index is 14.6. The summed E-state index contributed by atoms with van der Waals surface area (Å²) < 4.78 is 61.0. The topological polar surface area (TPSA) is 135 Å². The lowest BCUT2D eigenvalue weighted by Crippen LogP contribution is -2.35. The molecule has 11 nitrogen and oxygen atoms in total. The number of carbonyl (C=O) groups excluding carboxylic acids is 1. The van der Waals surface area contributed by atoms with Crippen LogP contribution in [0.5, 0.6) is 17.6 Å². The van der Waals surface area contributed by atoms with E-state index in [-0.39, 0.29) is 42.4 Å². The number of amides is 1. The van der Waals surface area contributed by atoms with E-state index in [1.165, 1.54) is 7.11 Å². The van der Waals surface area contributed by atoms with Gasteiger partial charge in [-0.2, -0.15) is 18.2 Å². The van der Waals surface area contributed by atoms with Gasteiger partial charge in [-0.1, -0.05) is 54.1 Å². The number of likely N-dealkylation sites (tertiary alicyclic amines) is 1. The molecule has 0 spiro atoms. The second kappa shape index (κ2) is 14.9. The lowest BCUT2D eigenvalue weighted by Gasteiger charge is -2.23. The van der Waals surface area contributed by atoms with Gasteiger partial charge in [-0.25, -0.2) is 4.98 Å². The second-order valence-corrected chi connectivity index (χ2v) is 15.4. The summed E-state index contributed by atoms with van der Waals surface area (Å²) >= 11 is 7.12. The molecule has 2 aliphatic carbocycles. The predicted octanol–water partition coefficient (Wildman–Crippen LogP) is 6.84. The van der Waals surface area contributed by atoms with E-state index in [2.05, 4.69) is 15.6 Å². The van der Waals surface area contributed by atoms with Crippen LogP contribution < -0.4 is 24.8 Å². The summed E-state index contributed by atoms with van der Waals surface area (Å²) in [5.41, 5.74) is 3.78. The van der Waals surface area contributed by atoms with Crippen LogP contribution in [0.25, 0.3) is 22.4 Å². The largest absolute Gasteiger partial charge is 0.481 e. The Morgan fingerprint density at radius 3 is 2.46 bits per heavy atom. The number of fused-ring (bicyclic) bond motifs is 2. The molecule has 1 amide bonds. The van der Waals surface area contributed by atoms with Crippen molar-refractivity contribution >= 4 is 23.5 Å². The molecule has 4 atom stereocenters. The van der Waals surface area contributed by atoms with Gasteiger partial charge in [-0.15, -0.1) is 0 Å². The van der Waals surface area contributed by atoms with Gasteiger partial charge in [-0.3, -0.25) is 14.5 Å². The lowest BCUT2D eigenvalue weighted by molar-refractivity contribution is -0.143. The van der Waals surface area contributed by atoms with Crippen LogP contribution in [0.1, 0.15) is 59.6 Å². The number of nitrogens with zero attached hydrogens (tertiary/aromatic N) is 3. The first-order chi connectivity index (χ1) is 26.9. The normalized spacial score (nSPS) is 22.8. The van der Waals surface area contributed by atoms with Crippen LogP contribution in [-0.2, 0) is 35.3 Å². The lowest BCUT2D eigenvalue weighted by atomic mass is 9.94. The molecule has 3 fully saturated rings. The van der Waals surface area contributed by atoms with Crippen molar-refractivity contribution < 1.29 is 42.1 Å². The summed E-state index contributed by atoms with van der Waals surface area (Å²) in [6, 6.07) is 16.2. The standard InChI is InChI=1S/C41H41ClF3N5O6/c1-54-36-22(17-46-18-25-10-14-34(51)47-25)9-12-32(48-36)30-8-4-7-29(35(30)42)26-5-3-6-28-27(26)11-13-33(28)56-38-31(41(43,44)45)15-23(37(49-38)55-2)19-50-20-24-16-40(24,21-50)39(52)53/h3-9,12,15,24-25,33,46H,10-11,13-14,16-21H2,1-2H3,(H,47,51)(H,52,53)/t24-,25-,33-,40-/m0/s1. The van der Waals surface area contributed by atoms with Crippen molar-refractivity contribution in [3.8, 4) is 40.0 Å². The first kappa shape index (κ1) is 38.0. The number of hydrogen-bond acceptors (Lipinski definition) is 9. The Morgan fingerprint density at radius 2 is 1.75 bits per heavy atom. The first-order valence-corrected chi connectivity index (χ1v) is 19.0. The van der Waals surface area contributed by atoms with Gasteiger partial charge >= 0.3 is 12.1 Å². The van der Waals surface area contributed by atoms with Gasteiger partial charge < -0.3 is 30.0 Å². The molecule has 0 bridgehead atoms. The Labute approximate surface area is 326 Å². The van der Waals surface area contributed by atoms with Gasteiger partial charge in [-0.05, 0) is 60.4 Å².